The van der Waals surface area contributed by atoms with Gasteiger partial charge in [-0.3, -0.25) is 19.3 Å². The maximum absolute atomic E-state index is 11.9. The molecule has 1 saturated heterocycles. The third-order valence-corrected chi connectivity index (χ3v) is 3.15. The van der Waals surface area contributed by atoms with Gasteiger partial charge in [0.1, 0.15) is 11.5 Å². The van der Waals surface area contributed by atoms with Crippen LogP contribution in [0.3, 0.4) is 0 Å². The molecule has 1 aromatic rings. The lowest BCUT2D eigenvalue weighted by molar-refractivity contribution is -0.145. The number of carbonyl (C=O) groups excluding carboxylic acids is 3. The lowest BCUT2D eigenvalue weighted by Crippen LogP contribution is -2.28. The predicted molar refractivity (Wildman–Crippen MR) is 64.9 cm³/mol. The van der Waals surface area contributed by atoms with Crippen LogP contribution in [0.2, 0.25) is 5.15 Å². The van der Waals surface area contributed by atoms with Crippen molar-refractivity contribution in [3.8, 4) is 0 Å². The molecule has 19 heavy (non-hydrogen) atoms. The van der Waals surface area contributed by atoms with Crippen LogP contribution in [0.5, 0.6) is 0 Å². The molecule has 0 N–H and O–H groups in total. The summed E-state index contributed by atoms with van der Waals surface area (Å²) in [5.74, 6) is -1.23. The van der Waals surface area contributed by atoms with Gasteiger partial charge in [0.15, 0.2) is 12.1 Å². The SMILES string of the molecule is COC(=O)C1CC(=O)N(c2ncnc(Cl)c2C=O)C1. The smallest absolute Gasteiger partial charge is 0.311 e. The van der Waals surface area contributed by atoms with Crippen LogP contribution in [-0.2, 0) is 14.3 Å². The highest BCUT2D eigenvalue weighted by molar-refractivity contribution is 6.32. The zero-order chi connectivity index (χ0) is 14.0. The molecule has 1 aliphatic rings. The Morgan fingerprint density at radius 3 is 2.95 bits per heavy atom. The molecule has 0 spiro atoms. The average molecular weight is 284 g/mol. The van der Waals surface area contributed by atoms with Crippen LogP contribution >= 0.6 is 11.6 Å². The first-order valence-corrected chi connectivity index (χ1v) is 5.80. The van der Waals surface area contributed by atoms with Crippen molar-refractivity contribution in [2.45, 2.75) is 6.42 Å². The van der Waals surface area contributed by atoms with Crippen molar-refractivity contribution in [2.24, 2.45) is 5.92 Å². The third-order valence-electron chi connectivity index (χ3n) is 2.85. The van der Waals surface area contributed by atoms with Crippen LogP contribution in [0.25, 0.3) is 0 Å². The minimum atomic E-state index is -0.564. The van der Waals surface area contributed by atoms with E-state index in [4.69, 9.17) is 11.6 Å². The molecule has 1 amide bonds. The van der Waals surface area contributed by atoms with Crippen LogP contribution < -0.4 is 4.90 Å². The van der Waals surface area contributed by atoms with Gasteiger partial charge in [-0.25, -0.2) is 9.97 Å². The Bertz CT molecular complexity index is 549. The predicted octanol–water partition coefficient (Wildman–Crippen LogP) is 0.468. The molecule has 0 radical (unpaired) electrons. The zero-order valence-corrected chi connectivity index (χ0v) is 10.8. The number of aromatic nitrogens is 2. The molecular formula is C11H10ClN3O4. The first-order valence-electron chi connectivity index (χ1n) is 5.42. The van der Waals surface area contributed by atoms with Gasteiger partial charge >= 0.3 is 5.97 Å². The van der Waals surface area contributed by atoms with Crippen molar-refractivity contribution >= 4 is 35.6 Å². The Labute approximate surface area is 113 Å². The molecule has 0 saturated carbocycles. The molecule has 0 aliphatic carbocycles. The highest BCUT2D eigenvalue weighted by Crippen LogP contribution is 2.28. The number of anilines is 1. The number of amides is 1. The van der Waals surface area contributed by atoms with E-state index in [1.54, 1.807) is 0 Å². The van der Waals surface area contributed by atoms with Gasteiger partial charge < -0.3 is 4.74 Å². The van der Waals surface area contributed by atoms with E-state index in [9.17, 15) is 14.4 Å². The van der Waals surface area contributed by atoms with E-state index in [1.165, 1.54) is 12.0 Å². The van der Waals surface area contributed by atoms with Crippen LogP contribution in [0, 0.1) is 5.92 Å². The fourth-order valence-corrected chi connectivity index (χ4v) is 2.09. The highest BCUT2D eigenvalue weighted by Gasteiger charge is 2.37. The van der Waals surface area contributed by atoms with E-state index < -0.39 is 11.9 Å². The number of ether oxygens (including phenoxy) is 1. The van der Waals surface area contributed by atoms with Crippen molar-refractivity contribution in [1.29, 1.82) is 0 Å². The van der Waals surface area contributed by atoms with Crippen molar-refractivity contribution in [1.82, 2.24) is 9.97 Å². The average Bonchev–Trinajstić information content (AvgIpc) is 2.79. The Hall–Kier alpha value is -2.02. The number of carbonyl (C=O) groups is 3. The number of halogens is 1. The minimum Gasteiger partial charge on any atom is -0.469 e. The lowest BCUT2D eigenvalue weighted by atomic mass is 10.1. The molecule has 2 heterocycles. The van der Waals surface area contributed by atoms with Gasteiger partial charge in [0, 0.05) is 13.0 Å². The summed E-state index contributed by atoms with van der Waals surface area (Å²) in [6.45, 7) is 0.111. The van der Waals surface area contributed by atoms with E-state index in [0.29, 0.717) is 6.29 Å². The number of hydrogen-bond acceptors (Lipinski definition) is 6. The van der Waals surface area contributed by atoms with E-state index in [-0.39, 0.29) is 35.4 Å². The third kappa shape index (κ3) is 2.41. The number of methoxy groups -OCH3 is 1. The van der Waals surface area contributed by atoms with Crippen LogP contribution in [-0.4, -0.2) is 41.8 Å². The Morgan fingerprint density at radius 2 is 2.32 bits per heavy atom. The molecule has 8 heteroatoms. The van der Waals surface area contributed by atoms with Gasteiger partial charge in [-0.15, -0.1) is 0 Å². The standard InChI is InChI=1S/C11H10ClN3O4/c1-19-11(18)6-2-8(17)15(3-6)10-7(4-16)9(12)13-5-14-10/h4-6H,2-3H2,1H3. The molecule has 1 atom stereocenters. The van der Waals surface area contributed by atoms with Gasteiger partial charge in [0.25, 0.3) is 0 Å². The van der Waals surface area contributed by atoms with E-state index in [2.05, 4.69) is 14.7 Å². The fraction of sp³-hybridized carbons (Fsp3) is 0.364. The summed E-state index contributed by atoms with van der Waals surface area (Å²) in [4.78, 5) is 43.1. The van der Waals surface area contributed by atoms with Gasteiger partial charge in [-0.2, -0.15) is 0 Å². The molecule has 0 aromatic carbocycles. The van der Waals surface area contributed by atoms with Crippen LogP contribution in [0.1, 0.15) is 16.8 Å². The Kier molecular flexibility index (Phi) is 3.75. The first kappa shape index (κ1) is 13.4. The number of nitrogens with zero attached hydrogens (tertiary/aromatic N) is 3. The molecular weight excluding hydrogens is 274 g/mol. The van der Waals surface area contributed by atoms with Crippen molar-refractivity contribution in [3.05, 3.63) is 17.0 Å². The maximum atomic E-state index is 11.9. The molecule has 2 rings (SSSR count). The van der Waals surface area contributed by atoms with Crippen LogP contribution in [0.15, 0.2) is 6.33 Å². The van der Waals surface area contributed by atoms with Crippen molar-refractivity contribution in [2.75, 3.05) is 18.6 Å². The molecule has 1 fully saturated rings. The molecule has 7 nitrogen and oxygen atoms in total. The number of hydrogen-bond donors (Lipinski definition) is 0. The van der Waals surface area contributed by atoms with E-state index >= 15 is 0 Å². The zero-order valence-electron chi connectivity index (χ0n) is 10.00. The van der Waals surface area contributed by atoms with Gasteiger partial charge in [-0.1, -0.05) is 11.6 Å². The first-order chi connectivity index (χ1) is 9.08. The second-order valence-electron chi connectivity index (χ2n) is 3.95. The number of rotatable bonds is 3. The molecule has 1 aromatic heterocycles. The number of esters is 1. The van der Waals surface area contributed by atoms with Gasteiger partial charge in [0.05, 0.1) is 18.6 Å². The highest BCUT2D eigenvalue weighted by atomic mass is 35.5. The summed E-state index contributed by atoms with van der Waals surface area (Å²) in [7, 11) is 1.26. The van der Waals surface area contributed by atoms with E-state index in [1.807, 2.05) is 0 Å². The normalized spacial score (nSPS) is 18.5. The summed E-state index contributed by atoms with van der Waals surface area (Å²) < 4.78 is 4.60. The summed E-state index contributed by atoms with van der Waals surface area (Å²) in [5.41, 5.74) is 0.0306. The maximum Gasteiger partial charge on any atom is 0.311 e. The molecule has 1 unspecified atom stereocenters. The molecule has 0 bridgehead atoms. The van der Waals surface area contributed by atoms with Crippen molar-refractivity contribution < 1.29 is 19.1 Å². The van der Waals surface area contributed by atoms with Gasteiger partial charge in [-0.05, 0) is 0 Å². The monoisotopic (exact) mass is 283 g/mol. The Balaban J connectivity index is 2.33. The summed E-state index contributed by atoms with van der Waals surface area (Å²) in [6, 6.07) is 0. The van der Waals surface area contributed by atoms with Crippen LogP contribution in [0.4, 0.5) is 5.82 Å². The Morgan fingerprint density at radius 1 is 1.58 bits per heavy atom. The van der Waals surface area contributed by atoms with Gasteiger partial charge in [0.2, 0.25) is 5.91 Å². The largest absolute Gasteiger partial charge is 0.469 e. The second-order valence-corrected chi connectivity index (χ2v) is 4.31. The molecule has 1 aliphatic heterocycles. The number of aldehydes is 1. The summed E-state index contributed by atoms with van der Waals surface area (Å²) in [5, 5.41) is -0.0330. The molecule has 100 valence electrons. The van der Waals surface area contributed by atoms with Crippen molar-refractivity contribution in [3.63, 3.8) is 0 Å². The minimum absolute atomic E-state index is 0.0204. The summed E-state index contributed by atoms with van der Waals surface area (Å²) >= 11 is 5.77. The summed E-state index contributed by atoms with van der Waals surface area (Å²) in [6.07, 6.45) is 1.66. The topological polar surface area (TPSA) is 89.5 Å². The second kappa shape index (κ2) is 5.31. The lowest BCUT2D eigenvalue weighted by Gasteiger charge is -2.16. The quantitative estimate of drug-likeness (QED) is 0.455. The fourth-order valence-electron chi connectivity index (χ4n) is 1.92. The van der Waals surface area contributed by atoms with E-state index in [0.717, 1.165) is 6.33 Å².